The van der Waals surface area contributed by atoms with Gasteiger partial charge in [0.2, 0.25) is 0 Å². The van der Waals surface area contributed by atoms with E-state index in [4.69, 9.17) is 22.2 Å². The molecule has 1 aromatic carbocycles. The summed E-state index contributed by atoms with van der Waals surface area (Å²) >= 11 is 5.72. The lowest BCUT2D eigenvalue weighted by Crippen LogP contribution is -2.37. The molecule has 1 aromatic rings. The maximum atomic E-state index is 13.7. The van der Waals surface area contributed by atoms with Crippen LogP contribution in [0.25, 0.3) is 0 Å². The van der Waals surface area contributed by atoms with Crippen LogP contribution in [0, 0.1) is 5.82 Å². The van der Waals surface area contributed by atoms with Crippen LogP contribution in [0.4, 0.5) is 4.39 Å². The molecule has 0 aromatic heterocycles. The third kappa shape index (κ3) is 4.60. The van der Waals surface area contributed by atoms with Gasteiger partial charge in [-0.1, -0.05) is 23.7 Å². The maximum absolute atomic E-state index is 13.7. The van der Waals surface area contributed by atoms with Crippen molar-refractivity contribution in [2.45, 2.75) is 25.8 Å². The van der Waals surface area contributed by atoms with E-state index in [2.05, 4.69) is 5.43 Å². The Morgan fingerprint density at radius 1 is 1.53 bits per heavy atom. The largest absolute Gasteiger partial charge is 0.382 e. The summed E-state index contributed by atoms with van der Waals surface area (Å²) in [5, 5.41) is 0.142. The molecule has 5 heteroatoms. The topological polar surface area (TPSA) is 47.3 Å². The fourth-order valence-corrected chi connectivity index (χ4v) is 1.78. The molecule has 0 saturated carbocycles. The third-order valence-corrected chi connectivity index (χ3v) is 2.84. The fourth-order valence-electron chi connectivity index (χ4n) is 1.59. The molecular formula is C12H18ClFN2O. The van der Waals surface area contributed by atoms with Crippen LogP contribution in [-0.4, -0.2) is 19.3 Å². The van der Waals surface area contributed by atoms with E-state index in [1.807, 2.05) is 6.92 Å². The Kier molecular flexibility index (Phi) is 6.44. The van der Waals surface area contributed by atoms with Crippen molar-refractivity contribution in [2.75, 3.05) is 13.2 Å². The average Bonchev–Trinajstić information content (AvgIpc) is 2.33. The number of ether oxygens (including phenoxy) is 1. The van der Waals surface area contributed by atoms with E-state index in [9.17, 15) is 4.39 Å². The molecule has 0 heterocycles. The van der Waals surface area contributed by atoms with E-state index in [1.165, 1.54) is 6.07 Å². The number of hydrogen-bond donors (Lipinski definition) is 2. The minimum absolute atomic E-state index is 0.0190. The molecule has 0 aliphatic carbocycles. The lowest BCUT2D eigenvalue weighted by atomic mass is 10.0. The van der Waals surface area contributed by atoms with E-state index in [0.29, 0.717) is 25.2 Å². The fraction of sp³-hybridized carbons (Fsp3) is 0.500. The summed E-state index contributed by atoms with van der Waals surface area (Å²) in [5.74, 6) is 5.06. The van der Waals surface area contributed by atoms with Gasteiger partial charge < -0.3 is 4.74 Å². The van der Waals surface area contributed by atoms with Gasteiger partial charge in [0.15, 0.2) is 0 Å². The molecule has 0 saturated heterocycles. The SMILES string of the molecule is CCOCCC(Cc1cccc(Cl)c1F)NN. The maximum Gasteiger partial charge on any atom is 0.145 e. The lowest BCUT2D eigenvalue weighted by Gasteiger charge is -2.16. The Hall–Kier alpha value is -0.680. The van der Waals surface area contributed by atoms with Crippen LogP contribution >= 0.6 is 11.6 Å². The first kappa shape index (κ1) is 14.4. The zero-order valence-electron chi connectivity index (χ0n) is 9.88. The highest BCUT2D eigenvalue weighted by atomic mass is 35.5. The van der Waals surface area contributed by atoms with Gasteiger partial charge in [0, 0.05) is 19.3 Å². The molecule has 1 atom stereocenters. The molecule has 0 fully saturated rings. The van der Waals surface area contributed by atoms with Gasteiger partial charge in [0.25, 0.3) is 0 Å². The monoisotopic (exact) mass is 260 g/mol. The molecular weight excluding hydrogens is 243 g/mol. The van der Waals surface area contributed by atoms with Gasteiger partial charge in [-0.15, -0.1) is 0 Å². The van der Waals surface area contributed by atoms with Crippen molar-refractivity contribution in [1.82, 2.24) is 5.43 Å². The molecule has 0 spiro atoms. The summed E-state index contributed by atoms with van der Waals surface area (Å²) in [7, 11) is 0. The van der Waals surface area contributed by atoms with Crippen LogP contribution in [0.5, 0.6) is 0 Å². The molecule has 0 aliphatic heterocycles. The molecule has 3 N–H and O–H groups in total. The molecule has 1 unspecified atom stereocenters. The summed E-state index contributed by atoms with van der Waals surface area (Å²) in [6.07, 6.45) is 1.23. The first-order valence-electron chi connectivity index (χ1n) is 5.65. The molecule has 3 nitrogen and oxygen atoms in total. The zero-order chi connectivity index (χ0) is 12.7. The first-order valence-corrected chi connectivity index (χ1v) is 6.03. The Morgan fingerprint density at radius 3 is 2.94 bits per heavy atom. The summed E-state index contributed by atoms with van der Waals surface area (Å²) in [4.78, 5) is 0. The average molecular weight is 261 g/mol. The minimum atomic E-state index is -0.370. The summed E-state index contributed by atoms with van der Waals surface area (Å²) in [6.45, 7) is 3.21. The Labute approximate surface area is 106 Å². The Balaban J connectivity index is 2.57. The molecule has 1 rings (SSSR count). The Morgan fingerprint density at radius 2 is 2.29 bits per heavy atom. The van der Waals surface area contributed by atoms with Gasteiger partial charge in [-0.25, -0.2) is 4.39 Å². The summed E-state index contributed by atoms with van der Waals surface area (Å²) in [6, 6.07) is 4.96. The molecule has 0 aliphatic rings. The number of nitrogens with two attached hydrogens (primary N) is 1. The Bertz CT molecular complexity index is 349. The predicted octanol–water partition coefficient (Wildman–Crippen LogP) is 2.28. The van der Waals surface area contributed by atoms with E-state index < -0.39 is 0 Å². The summed E-state index contributed by atoms with van der Waals surface area (Å²) < 4.78 is 18.9. The van der Waals surface area contributed by atoms with Gasteiger partial charge in [-0.3, -0.25) is 11.3 Å². The van der Waals surface area contributed by atoms with Gasteiger partial charge in [0.1, 0.15) is 5.82 Å². The van der Waals surface area contributed by atoms with Crippen molar-refractivity contribution >= 4 is 11.6 Å². The second-order valence-electron chi connectivity index (χ2n) is 3.77. The first-order chi connectivity index (χ1) is 8.19. The highest BCUT2D eigenvalue weighted by molar-refractivity contribution is 6.30. The number of rotatable bonds is 7. The van der Waals surface area contributed by atoms with Crippen molar-refractivity contribution in [2.24, 2.45) is 5.84 Å². The van der Waals surface area contributed by atoms with Gasteiger partial charge in [0.05, 0.1) is 5.02 Å². The van der Waals surface area contributed by atoms with Crippen molar-refractivity contribution < 1.29 is 9.13 Å². The molecule has 0 bridgehead atoms. The molecule has 96 valence electrons. The van der Waals surface area contributed by atoms with E-state index in [0.717, 1.165) is 6.42 Å². The highest BCUT2D eigenvalue weighted by Crippen LogP contribution is 2.19. The minimum Gasteiger partial charge on any atom is -0.382 e. The van der Waals surface area contributed by atoms with E-state index in [1.54, 1.807) is 12.1 Å². The van der Waals surface area contributed by atoms with Crippen LogP contribution in [0.3, 0.4) is 0 Å². The van der Waals surface area contributed by atoms with Crippen LogP contribution in [0.2, 0.25) is 5.02 Å². The standard InChI is InChI=1S/C12H18ClFN2O/c1-2-17-7-6-10(16-15)8-9-4-3-5-11(13)12(9)14/h3-5,10,16H,2,6-8,15H2,1H3. The highest BCUT2D eigenvalue weighted by Gasteiger charge is 2.12. The van der Waals surface area contributed by atoms with Crippen molar-refractivity contribution in [1.29, 1.82) is 0 Å². The van der Waals surface area contributed by atoms with Crippen LogP contribution < -0.4 is 11.3 Å². The lowest BCUT2D eigenvalue weighted by molar-refractivity contribution is 0.136. The molecule has 0 radical (unpaired) electrons. The van der Waals surface area contributed by atoms with Gasteiger partial charge in [-0.2, -0.15) is 0 Å². The second kappa shape index (κ2) is 7.61. The third-order valence-electron chi connectivity index (χ3n) is 2.55. The number of benzene rings is 1. The zero-order valence-corrected chi connectivity index (χ0v) is 10.6. The number of hydrogen-bond acceptors (Lipinski definition) is 3. The predicted molar refractivity (Wildman–Crippen MR) is 67.3 cm³/mol. The van der Waals surface area contributed by atoms with E-state index in [-0.39, 0.29) is 16.9 Å². The second-order valence-corrected chi connectivity index (χ2v) is 4.17. The normalized spacial score (nSPS) is 12.7. The van der Waals surface area contributed by atoms with Crippen molar-refractivity contribution in [3.8, 4) is 0 Å². The van der Waals surface area contributed by atoms with Crippen LogP contribution in [0.1, 0.15) is 18.9 Å². The number of hydrazine groups is 1. The molecule has 17 heavy (non-hydrogen) atoms. The molecule has 0 amide bonds. The van der Waals surface area contributed by atoms with Crippen molar-refractivity contribution in [3.63, 3.8) is 0 Å². The van der Waals surface area contributed by atoms with Gasteiger partial charge >= 0.3 is 0 Å². The van der Waals surface area contributed by atoms with Crippen LogP contribution in [-0.2, 0) is 11.2 Å². The quantitative estimate of drug-likeness (QED) is 0.449. The number of halogens is 2. The summed E-state index contributed by atoms with van der Waals surface area (Å²) in [5.41, 5.74) is 3.23. The van der Waals surface area contributed by atoms with Crippen molar-refractivity contribution in [3.05, 3.63) is 34.6 Å². The number of nitrogens with one attached hydrogen (secondary N) is 1. The smallest absolute Gasteiger partial charge is 0.145 e. The van der Waals surface area contributed by atoms with Gasteiger partial charge in [-0.05, 0) is 31.4 Å². The van der Waals surface area contributed by atoms with Crippen LogP contribution in [0.15, 0.2) is 18.2 Å². The van der Waals surface area contributed by atoms with E-state index >= 15 is 0 Å².